The summed E-state index contributed by atoms with van der Waals surface area (Å²) in [5, 5.41) is 3.42. The molecule has 0 fully saturated rings. The van der Waals surface area contributed by atoms with Gasteiger partial charge in [0.2, 0.25) is 0 Å². The molecule has 3 aliphatic rings. The predicted molar refractivity (Wildman–Crippen MR) is 152 cm³/mol. The third-order valence-corrected chi connectivity index (χ3v) is 5.20. The fourth-order valence-electron chi connectivity index (χ4n) is 3.43. The Hall–Kier alpha value is -3.85. The third kappa shape index (κ3) is 9.27. The van der Waals surface area contributed by atoms with Crippen LogP contribution in [-0.4, -0.2) is 0 Å². The second-order valence-electron chi connectivity index (χ2n) is 7.74. The number of rotatable bonds is 3. The van der Waals surface area contributed by atoms with Gasteiger partial charge >= 0.3 is 0 Å². The Labute approximate surface area is 243 Å². The molecule has 4 heteroatoms. The summed E-state index contributed by atoms with van der Waals surface area (Å²) in [4.78, 5) is 0. The summed E-state index contributed by atoms with van der Waals surface area (Å²) in [6.07, 6.45) is 20.5. The van der Waals surface area contributed by atoms with Gasteiger partial charge in [-0.05, 0) is 53.5 Å². The molecule has 3 aromatic carbocycles. The van der Waals surface area contributed by atoms with Gasteiger partial charge in [0.05, 0.1) is 22.2 Å². The Morgan fingerprint density at radius 1 is 0.432 bits per heavy atom. The number of allylic oxidation sites excluding steroid dienone is 6. The number of hydrogen-bond acceptors (Lipinski definition) is 3. The maximum absolute atomic E-state index is 8.17. The molecule has 0 saturated carbocycles. The van der Waals surface area contributed by atoms with Crippen LogP contribution in [0, 0.1) is 0 Å². The van der Waals surface area contributed by atoms with E-state index in [4.69, 9.17) is 8.35 Å². The molecule has 0 aromatic heterocycles. The van der Waals surface area contributed by atoms with Gasteiger partial charge in [-0.15, -0.1) is 0 Å². The van der Waals surface area contributed by atoms with Gasteiger partial charge in [0.1, 0.15) is 0 Å². The molecule has 0 amide bonds. The molecular formula is C33H33IrN3. The van der Waals surface area contributed by atoms with Crippen molar-refractivity contribution < 1.29 is 28.5 Å². The molecule has 3 atom stereocenters. The Balaban J connectivity index is 0.000000175. The van der Waals surface area contributed by atoms with Crippen molar-refractivity contribution in [3.05, 3.63) is 181 Å². The first kappa shape index (κ1) is 20.2. The van der Waals surface area contributed by atoms with E-state index in [0.717, 1.165) is 32.6 Å². The molecule has 3 aliphatic heterocycles. The summed E-state index contributed by atoms with van der Waals surface area (Å²) in [6.45, 7) is 0. The minimum Gasteiger partial charge on any atom is -0.381 e. The monoisotopic (exact) mass is 670 g/mol. The minimum atomic E-state index is -1.09. The smallest absolute Gasteiger partial charge is 0.160 e. The molecule has 3 aromatic rings. The van der Waals surface area contributed by atoms with E-state index >= 15 is 0 Å². The molecule has 6 rings (SSSR count). The molecule has 0 aliphatic carbocycles. The van der Waals surface area contributed by atoms with Gasteiger partial charge in [0.15, 0.2) is 4.24 Å². The summed E-state index contributed by atoms with van der Waals surface area (Å²) < 4.78 is 47.5. The summed E-state index contributed by atoms with van der Waals surface area (Å²) in [6, 6.07) is 24.9. The predicted octanol–water partition coefficient (Wildman–Crippen LogP) is 7.20. The average molecular weight is 670 g/mol. The second-order valence-corrected chi connectivity index (χ2v) is 7.74. The van der Waals surface area contributed by atoms with E-state index in [1.54, 1.807) is 73.3 Å². The zero-order valence-electron chi connectivity index (χ0n) is 26.3. The van der Waals surface area contributed by atoms with E-state index in [0.29, 0.717) is 0 Å². The van der Waals surface area contributed by atoms with Gasteiger partial charge in [0.25, 0.3) is 0 Å². The third-order valence-electron chi connectivity index (χ3n) is 5.20. The molecule has 0 bridgehead atoms. The van der Waals surface area contributed by atoms with Gasteiger partial charge in [-0.3, -0.25) is 0 Å². The van der Waals surface area contributed by atoms with Crippen molar-refractivity contribution >= 4 is 0 Å². The first-order valence-corrected chi connectivity index (χ1v) is 11.8. The zero-order chi connectivity index (χ0) is 30.1. The zero-order valence-corrected chi connectivity index (χ0v) is 22.7. The van der Waals surface area contributed by atoms with Crippen molar-refractivity contribution in [2.75, 3.05) is 0 Å². The molecule has 3 nitrogen and oxygen atoms in total. The largest absolute Gasteiger partial charge is 0.381 e. The van der Waals surface area contributed by atoms with Crippen LogP contribution in [0.2, 0.25) is 4.24 Å². The standard InChI is InChI=1S/3C11H11N.Ir/c3*1-2-6-10(7-3-1)11-8-4-5-9-12-11;/h3*1-9,11-12H;/i3*11D;/hD3. The second kappa shape index (κ2) is 16.0. The Kier molecular flexibility index (Phi) is 8.75. The number of hydrogen-bond donors (Lipinski definition) is 3. The normalized spacial score (nSPS) is 29.0. The minimum absolute atomic E-state index is 0. The number of dihydropyridines is 3. The van der Waals surface area contributed by atoms with Crippen LogP contribution in [0.25, 0.3) is 0 Å². The van der Waals surface area contributed by atoms with Crippen LogP contribution in [-0.2, 0) is 20.1 Å². The fraction of sp³-hybridized carbons (Fsp3) is 0.0909. The maximum Gasteiger partial charge on any atom is 0.160 e. The van der Waals surface area contributed by atoms with Crippen LogP contribution < -0.4 is 15.9 Å². The molecule has 0 saturated heterocycles. The van der Waals surface area contributed by atoms with Crippen molar-refractivity contribution in [3.63, 3.8) is 0 Å². The van der Waals surface area contributed by atoms with Gasteiger partial charge in [-0.2, -0.15) is 0 Å². The summed E-state index contributed by atoms with van der Waals surface area (Å²) in [5.41, 5.74) is 2.40. The number of nitrogens with one attached hydrogen (secondary N) is 3. The molecular weight excluding hydrogens is 631 g/mol. The molecule has 0 spiro atoms. The molecule has 3 N–H and O–H groups in total. The maximum atomic E-state index is 8.17. The van der Waals surface area contributed by atoms with E-state index in [9.17, 15) is 0 Å². The topological polar surface area (TPSA) is 36.1 Å². The van der Waals surface area contributed by atoms with Gasteiger partial charge in [-0.25, -0.2) is 0 Å². The summed E-state index contributed by atoms with van der Waals surface area (Å²) in [5.74, 6) is 0. The van der Waals surface area contributed by atoms with Gasteiger partial charge in [-0.1, -0.05) is 127 Å². The van der Waals surface area contributed by atoms with Gasteiger partial charge < -0.3 is 15.9 Å². The van der Waals surface area contributed by atoms with E-state index in [1.165, 1.54) is 0 Å². The first-order chi connectivity index (χ1) is 20.2. The molecule has 1 radical (unpaired) electrons. The van der Waals surface area contributed by atoms with E-state index < -0.39 is 18.1 Å². The van der Waals surface area contributed by atoms with Crippen molar-refractivity contribution in [2.45, 2.75) is 18.1 Å². The Morgan fingerprint density at radius 3 is 0.946 bits per heavy atom. The van der Waals surface area contributed by atoms with Crippen LogP contribution in [0.3, 0.4) is 0 Å². The van der Waals surface area contributed by atoms with Crippen LogP contribution in [0.4, 0.5) is 0 Å². The van der Waals surface area contributed by atoms with Crippen LogP contribution >= 0.6 is 0 Å². The van der Waals surface area contributed by atoms with Crippen molar-refractivity contribution in [2.24, 2.45) is 0 Å². The van der Waals surface area contributed by atoms with Crippen molar-refractivity contribution in [3.8, 4) is 0 Å². The Bertz CT molecular complexity index is 1300. The van der Waals surface area contributed by atoms with Crippen LogP contribution in [0.5, 0.6) is 0 Å². The van der Waals surface area contributed by atoms with Crippen LogP contribution in [0.15, 0.2) is 164 Å². The van der Waals surface area contributed by atoms with Crippen LogP contribution in [0.1, 0.15) is 38.9 Å². The van der Waals surface area contributed by atoms with E-state index in [1.807, 2.05) is 91.0 Å². The summed E-state index contributed by atoms with van der Waals surface area (Å²) in [7, 11) is 0. The molecule has 3 unspecified atom stereocenters. The van der Waals surface area contributed by atoms with Crippen molar-refractivity contribution in [1.82, 2.24) is 15.9 Å². The fourth-order valence-corrected chi connectivity index (χ4v) is 3.43. The SMILES string of the molecule is [2H]N1C=CC=CC1([2H])c1ccccc1.[2H]N1C=CC=CC1([2H])c1ccccc1.[2H]N1C=CC=CC1([2H])c1ccccc1.[Ir]. The quantitative estimate of drug-likeness (QED) is 0.276. The Morgan fingerprint density at radius 2 is 0.703 bits per heavy atom. The summed E-state index contributed by atoms with van der Waals surface area (Å²) >= 11 is 0. The van der Waals surface area contributed by atoms with E-state index in [2.05, 4.69) is 0 Å². The van der Waals surface area contributed by atoms with E-state index in [-0.39, 0.29) is 20.1 Å². The first-order valence-electron chi connectivity index (χ1n) is 14.6. The van der Waals surface area contributed by atoms with Crippen molar-refractivity contribution in [1.29, 1.82) is 0 Å². The molecule has 3 heterocycles. The molecule has 189 valence electrons. The number of benzene rings is 3. The molecule has 37 heavy (non-hydrogen) atoms. The average Bonchev–Trinajstić information content (AvgIpc) is 3.04. The van der Waals surface area contributed by atoms with Gasteiger partial charge in [0, 0.05) is 20.1 Å².